The molecular formula is C21H18O3. The highest BCUT2D eigenvalue weighted by molar-refractivity contribution is 6.14. The Hall–Kier alpha value is -2.81. The first-order chi connectivity index (χ1) is 11.7. The van der Waals surface area contributed by atoms with Crippen LogP contribution in [0.4, 0.5) is 0 Å². The van der Waals surface area contributed by atoms with E-state index < -0.39 is 0 Å². The molecule has 3 aromatic rings. The summed E-state index contributed by atoms with van der Waals surface area (Å²) in [6.07, 6.45) is 0.499. The highest BCUT2D eigenvalue weighted by atomic mass is 16.5. The minimum Gasteiger partial charge on any atom is -0.497 e. The van der Waals surface area contributed by atoms with Crippen LogP contribution in [0.25, 0.3) is 10.8 Å². The summed E-state index contributed by atoms with van der Waals surface area (Å²) in [5, 5.41) is 1.85. The molecule has 1 aliphatic carbocycles. The molecule has 1 aliphatic rings. The van der Waals surface area contributed by atoms with Crippen LogP contribution >= 0.6 is 0 Å². The number of hydrogen-bond donors (Lipinski definition) is 0. The Balaban J connectivity index is 2.01. The van der Waals surface area contributed by atoms with Crippen molar-refractivity contribution in [3.63, 3.8) is 0 Å². The largest absolute Gasteiger partial charge is 0.497 e. The van der Waals surface area contributed by atoms with Gasteiger partial charge < -0.3 is 9.47 Å². The molecule has 0 spiro atoms. The summed E-state index contributed by atoms with van der Waals surface area (Å²) >= 11 is 0. The zero-order valence-corrected chi connectivity index (χ0v) is 13.7. The van der Waals surface area contributed by atoms with Gasteiger partial charge in [0.1, 0.15) is 11.5 Å². The molecule has 3 nitrogen and oxygen atoms in total. The fraction of sp³-hybridized carbons (Fsp3) is 0.190. The van der Waals surface area contributed by atoms with Crippen LogP contribution in [0, 0.1) is 0 Å². The number of benzene rings is 3. The third-order valence-electron chi connectivity index (χ3n) is 4.80. The molecule has 4 rings (SSSR count). The van der Waals surface area contributed by atoms with Crippen molar-refractivity contribution in [2.24, 2.45) is 0 Å². The van der Waals surface area contributed by atoms with Gasteiger partial charge in [0.25, 0.3) is 0 Å². The summed E-state index contributed by atoms with van der Waals surface area (Å²) < 4.78 is 10.9. The van der Waals surface area contributed by atoms with Crippen LogP contribution in [-0.4, -0.2) is 20.0 Å². The fourth-order valence-electron chi connectivity index (χ4n) is 3.65. The second-order valence-electron chi connectivity index (χ2n) is 6.05. The minimum atomic E-state index is 0.0817. The number of carbonyl (C=O) groups excluding carboxylic acids is 1. The molecule has 1 unspecified atom stereocenters. The Kier molecular flexibility index (Phi) is 3.49. The molecule has 0 bridgehead atoms. The summed E-state index contributed by atoms with van der Waals surface area (Å²) in [6, 6.07) is 18.0. The highest BCUT2D eigenvalue weighted by Crippen LogP contribution is 2.45. The zero-order valence-electron chi connectivity index (χ0n) is 13.7. The molecule has 0 N–H and O–H groups in total. The number of ketones is 1. The van der Waals surface area contributed by atoms with Crippen molar-refractivity contribution in [2.75, 3.05) is 14.2 Å². The Labute approximate surface area is 140 Å². The molecule has 0 aliphatic heterocycles. The van der Waals surface area contributed by atoms with Crippen LogP contribution in [0.5, 0.6) is 11.5 Å². The summed E-state index contributed by atoms with van der Waals surface area (Å²) in [5.41, 5.74) is 3.01. The number of Topliss-reactive ketones (excluding diaryl/α,β-unsaturated/α-hetero) is 1. The van der Waals surface area contributed by atoms with Gasteiger partial charge in [0.2, 0.25) is 0 Å². The van der Waals surface area contributed by atoms with Gasteiger partial charge in [0.15, 0.2) is 5.78 Å². The number of carbonyl (C=O) groups is 1. The predicted molar refractivity (Wildman–Crippen MR) is 94.3 cm³/mol. The Morgan fingerprint density at radius 2 is 1.71 bits per heavy atom. The first kappa shape index (κ1) is 14.8. The molecule has 0 aromatic heterocycles. The van der Waals surface area contributed by atoms with Gasteiger partial charge in [-0.25, -0.2) is 0 Å². The van der Waals surface area contributed by atoms with Crippen LogP contribution in [0.3, 0.4) is 0 Å². The van der Waals surface area contributed by atoms with Crippen LogP contribution in [0.1, 0.15) is 33.8 Å². The van der Waals surface area contributed by atoms with Crippen molar-refractivity contribution in [2.45, 2.75) is 12.3 Å². The second-order valence-corrected chi connectivity index (χ2v) is 6.05. The van der Waals surface area contributed by atoms with E-state index in [1.807, 2.05) is 42.5 Å². The van der Waals surface area contributed by atoms with E-state index >= 15 is 0 Å². The molecule has 3 aromatic carbocycles. The average molecular weight is 318 g/mol. The Bertz CT molecular complexity index is 929. The third-order valence-corrected chi connectivity index (χ3v) is 4.80. The predicted octanol–water partition coefficient (Wildman–Crippen LogP) is 4.58. The van der Waals surface area contributed by atoms with Gasteiger partial charge in [-0.05, 0) is 35.4 Å². The third kappa shape index (κ3) is 2.16. The van der Waals surface area contributed by atoms with E-state index in [-0.39, 0.29) is 11.7 Å². The normalized spacial score (nSPS) is 16.2. The molecular weight excluding hydrogens is 300 g/mol. The number of methoxy groups -OCH3 is 2. The van der Waals surface area contributed by atoms with Gasteiger partial charge in [-0.15, -0.1) is 0 Å². The van der Waals surface area contributed by atoms with E-state index in [0.29, 0.717) is 6.42 Å². The first-order valence-electron chi connectivity index (χ1n) is 7.99. The van der Waals surface area contributed by atoms with Crippen LogP contribution in [-0.2, 0) is 0 Å². The molecule has 0 radical (unpaired) electrons. The minimum absolute atomic E-state index is 0.0817. The molecule has 0 fully saturated rings. The van der Waals surface area contributed by atoms with Crippen molar-refractivity contribution >= 4 is 16.6 Å². The van der Waals surface area contributed by atoms with Crippen LogP contribution in [0.2, 0.25) is 0 Å². The molecule has 0 amide bonds. The number of ether oxygens (including phenoxy) is 2. The van der Waals surface area contributed by atoms with E-state index in [1.165, 1.54) is 0 Å². The maximum atomic E-state index is 12.8. The maximum Gasteiger partial charge on any atom is 0.164 e. The van der Waals surface area contributed by atoms with Crippen molar-refractivity contribution < 1.29 is 14.3 Å². The zero-order chi connectivity index (χ0) is 16.7. The van der Waals surface area contributed by atoms with Crippen molar-refractivity contribution in [3.8, 4) is 11.5 Å². The van der Waals surface area contributed by atoms with Gasteiger partial charge >= 0.3 is 0 Å². The monoisotopic (exact) mass is 318 g/mol. The standard InChI is InChI=1S/C21H18O3/c1-23-14-8-9-15-17(10-14)21-18(12-20(15)24-2)16(11-19(21)22)13-6-4-3-5-7-13/h3-10,12,16H,11H2,1-2H3. The molecule has 120 valence electrons. The lowest BCUT2D eigenvalue weighted by atomic mass is 9.91. The van der Waals surface area contributed by atoms with E-state index in [1.54, 1.807) is 14.2 Å². The van der Waals surface area contributed by atoms with E-state index in [4.69, 9.17) is 9.47 Å². The SMILES string of the molecule is COc1ccc2c(OC)cc3c(c2c1)C(=O)CC3c1ccccc1. The van der Waals surface area contributed by atoms with Gasteiger partial charge in [0, 0.05) is 28.7 Å². The topological polar surface area (TPSA) is 35.5 Å². The van der Waals surface area contributed by atoms with Gasteiger partial charge in [-0.2, -0.15) is 0 Å². The van der Waals surface area contributed by atoms with Crippen LogP contribution in [0.15, 0.2) is 54.6 Å². The van der Waals surface area contributed by atoms with Gasteiger partial charge in [-0.1, -0.05) is 30.3 Å². The van der Waals surface area contributed by atoms with Crippen molar-refractivity contribution in [1.29, 1.82) is 0 Å². The average Bonchev–Trinajstić information content (AvgIpc) is 2.98. The number of fused-ring (bicyclic) bond motifs is 3. The number of rotatable bonds is 3. The lowest BCUT2D eigenvalue weighted by Gasteiger charge is -2.15. The van der Waals surface area contributed by atoms with E-state index in [0.717, 1.165) is 39.0 Å². The second kappa shape index (κ2) is 5.68. The smallest absolute Gasteiger partial charge is 0.164 e. The summed E-state index contributed by atoms with van der Waals surface area (Å²) in [5.74, 6) is 1.80. The summed E-state index contributed by atoms with van der Waals surface area (Å²) in [6.45, 7) is 0. The van der Waals surface area contributed by atoms with Crippen molar-refractivity contribution in [1.82, 2.24) is 0 Å². The Morgan fingerprint density at radius 1 is 0.917 bits per heavy atom. The molecule has 24 heavy (non-hydrogen) atoms. The first-order valence-corrected chi connectivity index (χ1v) is 7.99. The van der Waals surface area contributed by atoms with Crippen LogP contribution < -0.4 is 9.47 Å². The van der Waals surface area contributed by atoms with Crippen molar-refractivity contribution in [3.05, 3.63) is 71.3 Å². The van der Waals surface area contributed by atoms with Gasteiger partial charge in [-0.3, -0.25) is 4.79 Å². The Morgan fingerprint density at radius 3 is 2.42 bits per heavy atom. The molecule has 1 atom stereocenters. The molecule has 3 heteroatoms. The maximum absolute atomic E-state index is 12.8. The molecule has 0 heterocycles. The summed E-state index contributed by atoms with van der Waals surface area (Å²) in [4.78, 5) is 12.8. The van der Waals surface area contributed by atoms with E-state index in [9.17, 15) is 4.79 Å². The van der Waals surface area contributed by atoms with Gasteiger partial charge in [0.05, 0.1) is 14.2 Å². The fourth-order valence-corrected chi connectivity index (χ4v) is 3.65. The summed E-state index contributed by atoms with van der Waals surface area (Å²) in [7, 11) is 3.30. The molecule has 0 saturated carbocycles. The lowest BCUT2D eigenvalue weighted by Crippen LogP contribution is -1.98. The molecule has 0 saturated heterocycles. The number of hydrogen-bond acceptors (Lipinski definition) is 3. The lowest BCUT2D eigenvalue weighted by molar-refractivity contribution is 0.0993. The van der Waals surface area contributed by atoms with E-state index in [2.05, 4.69) is 12.1 Å². The highest BCUT2D eigenvalue weighted by Gasteiger charge is 2.33. The quantitative estimate of drug-likeness (QED) is 0.709.